The first-order valence-corrected chi connectivity index (χ1v) is 7.83. The van der Waals surface area contributed by atoms with Crippen LogP contribution in [0.15, 0.2) is 16.7 Å². The van der Waals surface area contributed by atoms with E-state index in [1.54, 1.807) is 19.1 Å². The van der Waals surface area contributed by atoms with Gasteiger partial charge >= 0.3 is 0 Å². The van der Waals surface area contributed by atoms with E-state index in [0.717, 1.165) is 18.7 Å². The Morgan fingerprint density at radius 2 is 2.13 bits per heavy atom. The van der Waals surface area contributed by atoms with E-state index in [-0.39, 0.29) is 5.75 Å². The third-order valence-corrected chi connectivity index (χ3v) is 4.15. The van der Waals surface area contributed by atoms with Gasteiger partial charge in [0.2, 0.25) is 5.89 Å². The molecule has 23 heavy (non-hydrogen) atoms. The van der Waals surface area contributed by atoms with Crippen LogP contribution in [0.1, 0.15) is 35.9 Å². The predicted molar refractivity (Wildman–Crippen MR) is 82.8 cm³/mol. The van der Waals surface area contributed by atoms with E-state index in [2.05, 4.69) is 20.0 Å². The topological polar surface area (TPSA) is 95.5 Å². The van der Waals surface area contributed by atoms with Crippen LogP contribution in [0.3, 0.4) is 0 Å². The summed E-state index contributed by atoms with van der Waals surface area (Å²) in [5.41, 5.74) is 0.616. The lowest BCUT2D eigenvalue weighted by atomic mass is 9.89. The smallest absolute Gasteiger partial charge is 0.229 e. The van der Waals surface area contributed by atoms with Crippen LogP contribution in [0.4, 0.5) is 0 Å². The Hall–Kier alpha value is -1.99. The molecule has 2 N–H and O–H groups in total. The SMILES string of the molecule is Cc1ccc(O)c(CN2CCCC(O)(Cc3nc(C)no3)C2)n1. The molecule has 3 rings (SSSR count). The van der Waals surface area contributed by atoms with Crippen molar-refractivity contribution in [2.24, 2.45) is 0 Å². The quantitative estimate of drug-likeness (QED) is 0.878. The van der Waals surface area contributed by atoms with Crippen molar-refractivity contribution < 1.29 is 14.7 Å². The highest BCUT2D eigenvalue weighted by atomic mass is 16.5. The molecule has 0 amide bonds. The van der Waals surface area contributed by atoms with Gasteiger partial charge in [0.15, 0.2) is 5.82 Å². The molecule has 7 heteroatoms. The number of β-amino-alcohol motifs (C(OH)–C–C–N with tert-alkyl or cyclic N) is 1. The molecular formula is C16H22N4O3. The highest BCUT2D eigenvalue weighted by molar-refractivity contribution is 5.27. The number of rotatable bonds is 4. The van der Waals surface area contributed by atoms with Gasteiger partial charge in [0.1, 0.15) is 5.75 Å². The summed E-state index contributed by atoms with van der Waals surface area (Å²) in [6, 6.07) is 3.44. The van der Waals surface area contributed by atoms with Gasteiger partial charge in [-0.25, -0.2) is 0 Å². The average Bonchev–Trinajstić information content (AvgIpc) is 2.87. The normalized spacial score (nSPS) is 22.4. The van der Waals surface area contributed by atoms with Gasteiger partial charge in [-0.3, -0.25) is 9.88 Å². The molecule has 0 radical (unpaired) electrons. The Morgan fingerprint density at radius 1 is 1.30 bits per heavy atom. The third kappa shape index (κ3) is 3.86. The maximum atomic E-state index is 10.9. The molecular weight excluding hydrogens is 296 g/mol. The van der Waals surface area contributed by atoms with Gasteiger partial charge in [0, 0.05) is 18.8 Å². The Kier molecular flexibility index (Phi) is 4.32. The first kappa shape index (κ1) is 15.9. The zero-order chi connectivity index (χ0) is 16.4. The second-order valence-corrected chi connectivity index (χ2v) is 6.37. The van der Waals surface area contributed by atoms with Gasteiger partial charge in [0.05, 0.1) is 17.7 Å². The second kappa shape index (κ2) is 6.25. The summed E-state index contributed by atoms with van der Waals surface area (Å²) in [4.78, 5) is 10.7. The van der Waals surface area contributed by atoms with Crippen molar-refractivity contribution in [3.63, 3.8) is 0 Å². The number of likely N-dealkylation sites (tertiary alicyclic amines) is 1. The molecule has 124 valence electrons. The first-order chi connectivity index (χ1) is 10.9. The van der Waals surface area contributed by atoms with E-state index in [4.69, 9.17) is 4.52 Å². The molecule has 1 unspecified atom stereocenters. The Labute approximate surface area is 135 Å². The van der Waals surface area contributed by atoms with Crippen LogP contribution in [-0.2, 0) is 13.0 Å². The van der Waals surface area contributed by atoms with Crippen LogP contribution < -0.4 is 0 Å². The van der Waals surface area contributed by atoms with E-state index in [0.29, 0.717) is 43.3 Å². The number of aromatic nitrogens is 3. The van der Waals surface area contributed by atoms with E-state index >= 15 is 0 Å². The van der Waals surface area contributed by atoms with Gasteiger partial charge in [-0.1, -0.05) is 5.16 Å². The standard InChI is InChI=1S/C16H22N4O3/c1-11-4-5-14(21)13(17-11)9-20-7-3-6-16(22,10-20)8-15-18-12(2)19-23-15/h4-5,21-22H,3,6-10H2,1-2H3. The van der Waals surface area contributed by atoms with Crippen LogP contribution in [0, 0.1) is 13.8 Å². The van der Waals surface area contributed by atoms with E-state index in [1.807, 2.05) is 6.92 Å². The second-order valence-electron chi connectivity index (χ2n) is 6.37. The van der Waals surface area contributed by atoms with Crippen molar-refractivity contribution in [2.45, 2.75) is 45.3 Å². The van der Waals surface area contributed by atoms with Gasteiger partial charge in [-0.05, 0) is 45.4 Å². The number of hydrogen-bond acceptors (Lipinski definition) is 7. The monoisotopic (exact) mass is 318 g/mol. The summed E-state index contributed by atoms with van der Waals surface area (Å²) in [7, 11) is 0. The van der Waals surface area contributed by atoms with Crippen LogP contribution in [0.5, 0.6) is 5.75 Å². The van der Waals surface area contributed by atoms with Gasteiger partial charge < -0.3 is 14.7 Å². The first-order valence-electron chi connectivity index (χ1n) is 7.83. The third-order valence-electron chi connectivity index (χ3n) is 4.15. The van der Waals surface area contributed by atoms with Gasteiger partial charge in [0.25, 0.3) is 0 Å². The maximum absolute atomic E-state index is 10.9. The minimum atomic E-state index is -0.892. The molecule has 0 saturated carbocycles. The van der Waals surface area contributed by atoms with E-state index in [9.17, 15) is 10.2 Å². The Balaban J connectivity index is 1.68. The van der Waals surface area contributed by atoms with Crippen LogP contribution >= 0.6 is 0 Å². The molecule has 1 aliphatic heterocycles. The molecule has 2 aromatic heterocycles. The number of aliphatic hydroxyl groups is 1. The molecule has 3 heterocycles. The van der Waals surface area contributed by atoms with Crippen LogP contribution in [0.2, 0.25) is 0 Å². The molecule has 1 fully saturated rings. The molecule has 1 saturated heterocycles. The lowest BCUT2D eigenvalue weighted by Crippen LogP contribution is -2.49. The molecule has 0 aliphatic carbocycles. The van der Waals surface area contributed by atoms with Crippen LogP contribution in [0.25, 0.3) is 0 Å². The lowest BCUT2D eigenvalue weighted by molar-refractivity contribution is -0.0378. The summed E-state index contributed by atoms with van der Waals surface area (Å²) in [5, 5.41) is 24.6. The number of nitrogens with zero attached hydrogens (tertiary/aromatic N) is 4. The summed E-state index contributed by atoms with van der Waals surface area (Å²) >= 11 is 0. The lowest BCUT2D eigenvalue weighted by Gasteiger charge is -2.38. The van der Waals surface area contributed by atoms with Crippen molar-refractivity contribution >= 4 is 0 Å². The molecule has 2 aromatic rings. The molecule has 0 spiro atoms. The van der Waals surface area contributed by atoms with Crippen molar-refractivity contribution in [3.8, 4) is 5.75 Å². The fraction of sp³-hybridized carbons (Fsp3) is 0.562. The van der Waals surface area contributed by atoms with Gasteiger partial charge in [-0.2, -0.15) is 4.98 Å². The van der Waals surface area contributed by atoms with E-state index < -0.39 is 5.60 Å². The highest BCUT2D eigenvalue weighted by Crippen LogP contribution is 2.27. The fourth-order valence-corrected chi connectivity index (χ4v) is 3.11. The van der Waals surface area contributed by atoms with Crippen LogP contribution in [-0.4, -0.2) is 48.9 Å². The fourth-order valence-electron chi connectivity index (χ4n) is 3.11. The number of aryl methyl sites for hydroxylation is 2. The minimum absolute atomic E-state index is 0.192. The highest BCUT2D eigenvalue weighted by Gasteiger charge is 2.35. The Bertz CT molecular complexity index is 688. The summed E-state index contributed by atoms with van der Waals surface area (Å²) in [6.45, 7) is 5.52. The Morgan fingerprint density at radius 3 is 2.87 bits per heavy atom. The number of pyridine rings is 1. The van der Waals surface area contributed by atoms with Gasteiger partial charge in [-0.15, -0.1) is 0 Å². The maximum Gasteiger partial charge on any atom is 0.229 e. The molecule has 7 nitrogen and oxygen atoms in total. The molecule has 0 aromatic carbocycles. The molecule has 1 aliphatic rings. The predicted octanol–water partition coefficient (Wildman–Crippen LogP) is 1.36. The van der Waals surface area contributed by atoms with Crippen molar-refractivity contribution in [3.05, 3.63) is 35.2 Å². The number of piperidine rings is 1. The number of hydrogen-bond donors (Lipinski definition) is 2. The van der Waals surface area contributed by atoms with Crippen molar-refractivity contribution in [1.82, 2.24) is 20.0 Å². The molecule has 0 bridgehead atoms. The summed E-state index contributed by atoms with van der Waals surface area (Å²) in [6.07, 6.45) is 1.91. The van der Waals surface area contributed by atoms with E-state index in [1.165, 1.54) is 0 Å². The van der Waals surface area contributed by atoms with Crippen molar-refractivity contribution in [1.29, 1.82) is 0 Å². The zero-order valence-electron chi connectivity index (χ0n) is 13.5. The number of aromatic hydroxyl groups is 1. The summed E-state index contributed by atoms with van der Waals surface area (Å²) in [5.74, 6) is 1.23. The minimum Gasteiger partial charge on any atom is -0.506 e. The zero-order valence-corrected chi connectivity index (χ0v) is 13.5. The largest absolute Gasteiger partial charge is 0.506 e. The summed E-state index contributed by atoms with van der Waals surface area (Å²) < 4.78 is 5.13. The molecule has 1 atom stereocenters. The van der Waals surface area contributed by atoms with Crippen molar-refractivity contribution in [2.75, 3.05) is 13.1 Å². The average molecular weight is 318 g/mol.